The standard InChI is InChI=1S/C13H28N2O3/c1-10(11(18)14-12(2,3)4)15(6)7-13(5,8-16)9-17/h10,16-17H,7-9H2,1-6H3,(H,14,18). The lowest BCUT2D eigenvalue weighted by Crippen LogP contribution is -2.52. The Morgan fingerprint density at radius 3 is 2.00 bits per heavy atom. The summed E-state index contributed by atoms with van der Waals surface area (Å²) in [5.41, 5.74) is -0.853. The van der Waals surface area contributed by atoms with Crippen molar-refractivity contribution in [2.24, 2.45) is 5.41 Å². The molecule has 0 radical (unpaired) electrons. The van der Waals surface area contributed by atoms with Gasteiger partial charge in [0.15, 0.2) is 0 Å². The molecule has 0 heterocycles. The third kappa shape index (κ3) is 5.80. The molecule has 0 saturated carbocycles. The molecule has 0 aliphatic rings. The average molecular weight is 260 g/mol. The summed E-state index contributed by atoms with van der Waals surface area (Å²) in [5.74, 6) is -0.0526. The van der Waals surface area contributed by atoms with Crippen LogP contribution in [0.15, 0.2) is 0 Å². The molecule has 0 fully saturated rings. The number of nitrogens with one attached hydrogen (secondary N) is 1. The van der Waals surface area contributed by atoms with Crippen LogP contribution in [0.5, 0.6) is 0 Å². The molecule has 5 nitrogen and oxygen atoms in total. The van der Waals surface area contributed by atoms with Gasteiger partial charge in [0.2, 0.25) is 5.91 Å². The summed E-state index contributed by atoms with van der Waals surface area (Å²) >= 11 is 0. The number of nitrogens with zero attached hydrogens (tertiary/aromatic N) is 1. The van der Waals surface area contributed by atoms with Gasteiger partial charge in [-0.2, -0.15) is 0 Å². The van der Waals surface area contributed by atoms with Crippen LogP contribution in [0.25, 0.3) is 0 Å². The van der Waals surface area contributed by atoms with Gasteiger partial charge in [0.05, 0.1) is 19.3 Å². The first kappa shape index (κ1) is 17.4. The van der Waals surface area contributed by atoms with Gasteiger partial charge >= 0.3 is 0 Å². The molecule has 0 aromatic rings. The fourth-order valence-corrected chi connectivity index (χ4v) is 1.56. The number of aliphatic hydroxyl groups excluding tert-OH is 2. The second-order valence-corrected chi connectivity index (χ2v) is 6.46. The highest BCUT2D eigenvalue weighted by atomic mass is 16.3. The van der Waals surface area contributed by atoms with Crippen LogP contribution in [0.3, 0.4) is 0 Å². The smallest absolute Gasteiger partial charge is 0.237 e. The van der Waals surface area contributed by atoms with E-state index >= 15 is 0 Å². The van der Waals surface area contributed by atoms with Crippen molar-refractivity contribution >= 4 is 5.91 Å². The van der Waals surface area contributed by atoms with Gasteiger partial charge in [0, 0.05) is 17.5 Å². The number of hydrogen-bond acceptors (Lipinski definition) is 4. The average Bonchev–Trinajstić information content (AvgIpc) is 2.25. The van der Waals surface area contributed by atoms with E-state index < -0.39 is 5.41 Å². The van der Waals surface area contributed by atoms with Crippen LogP contribution in [-0.2, 0) is 4.79 Å². The summed E-state index contributed by atoms with van der Waals surface area (Å²) in [5, 5.41) is 21.4. The first-order valence-electron chi connectivity index (χ1n) is 6.28. The molecule has 5 heteroatoms. The lowest BCUT2D eigenvalue weighted by atomic mass is 9.92. The number of hydrogen-bond donors (Lipinski definition) is 3. The van der Waals surface area contributed by atoms with Gasteiger partial charge in [0.1, 0.15) is 0 Å². The van der Waals surface area contributed by atoms with Crippen LogP contribution in [0.4, 0.5) is 0 Å². The van der Waals surface area contributed by atoms with E-state index in [0.717, 1.165) is 0 Å². The molecule has 0 rings (SSSR count). The van der Waals surface area contributed by atoms with Crippen LogP contribution in [-0.4, -0.2) is 59.4 Å². The molecular weight excluding hydrogens is 232 g/mol. The molecule has 0 bridgehead atoms. The van der Waals surface area contributed by atoms with Crippen LogP contribution >= 0.6 is 0 Å². The summed E-state index contributed by atoms with van der Waals surface area (Å²) < 4.78 is 0. The first-order chi connectivity index (χ1) is 8.04. The molecule has 3 N–H and O–H groups in total. The van der Waals surface area contributed by atoms with Gasteiger partial charge in [-0.25, -0.2) is 0 Å². The number of likely N-dealkylation sites (N-methyl/N-ethyl adjacent to an activating group) is 1. The van der Waals surface area contributed by atoms with Crippen molar-refractivity contribution in [1.29, 1.82) is 0 Å². The lowest BCUT2D eigenvalue weighted by Gasteiger charge is -2.34. The maximum absolute atomic E-state index is 12.0. The minimum atomic E-state index is -0.592. The minimum Gasteiger partial charge on any atom is -0.396 e. The third-order valence-electron chi connectivity index (χ3n) is 2.93. The van der Waals surface area contributed by atoms with Crippen LogP contribution in [0, 0.1) is 5.41 Å². The number of carbonyl (C=O) groups is 1. The Labute approximate surface area is 110 Å². The Morgan fingerprint density at radius 1 is 1.22 bits per heavy atom. The summed E-state index contributed by atoms with van der Waals surface area (Å²) in [6.07, 6.45) is 0. The Kier molecular flexibility index (Phi) is 6.26. The van der Waals surface area contributed by atoms with Gasteiger partial charge in [-0.3, -0.25) is 9.69 Å². The quantitative estimate of drug-likeness (QED) is 0.638. The molecule has 1 unspecified atom stereocenters. The van der Waals surface area contributed by atoms with E-state index in [1.807, 2.05) is 39.6 Å². The Bertz CT molecular complexity index is 270. The normalized spacial score (nSPS) is 14.7. The molecule has 0 aliphatic heterocycles. The number of amides is 1. The van der Waals surface area contributed by atoms with E-state index in [-0.39, 0.29) is 30.7 Å². The van der Waals surface area contributed by atoms with Crippen molar-refractivity contribution in [3.63, 3.8) is 0 Å². The maximum Gasteiger partial charge on any atom is 0.237 e. The summed E-state index contributed by atoms with van der Waals surface area (Å²) in [4.78, 5) is 13.8. The molecule has 108 valence electrons. The topological polar surface area (TPSA) is 72.8 Å². The van der Waals surface area contributed by atoms with Crippen LogP contribution in [0.1, 0.15) is 34.6 Å². The van der Waals surface area contributed by atoms with Crippen LogP contribution < -0.4 is 5.32 Å². The van der Waals surface area contributed by atoms with E-state index in [2.05, 4.69) is 5.32 Å². The second kappa shape index (κ2) is 6.50. The van der Waals surface area contributed by atoms with Gasteiger partial charge < -0.3 is 15.5 Å². The van der Waals surface area contributed by atoms with Crippen molar-refractivity contribution in [3.05, 3.63) is 0 Å². The fraction of sp³-hybridized carbons (Fsp3) is 0.923. The zero-order chi connectivity index (χ0) is 14.6. The Hall–Kier alpha value is -0.650. The summed E-state index contributed by atoms with van der Waals surface area (Å²) in [6, 6.07) is -0.304. The van der Waals surface area contributed by atoms with Gasteiger partial charge in [-0.15, -0.1) is 0 Å². The molecule has 18 heavy (non-hydrogen) atoms. The third-order valence-corrected chi connectivity index (χ3v) is 2.93. The number of carbonyl (C=O) groups excluding carboxylic acids is 1. The highest BCUT2D eigenvalue weighted by Gasteiger charge is 2.29. The molecular formula is C13H28N2O3. The van der Waals surface area contributed by atoms with E-state index in [9.17, 15) is 15.0 Å². The Balaban J connectivity index is 4.51. The van der Waals surface area contributed by atoms with E-state index in [1.54, 1.807) is 6.92 Å². The molecule has 1 amide bonds. The fourth-order valence-electron chi connectivity index (χ4n) is 1.56. The summed E-state index contributed by atoms with van der Waals surface area (Å²) in [7, 11) is 1.82. The largest absolute Gasteiger partial charge is 0.396 e. The maximum atomic E-state index is 12.0. The lowest BCUT2D eigenvalue weighted by molar-refractivity contribution is -0.127. The second-order valence-electron chi connectivity index (χ2n) is 6.46. The van der Waals surface area contributed by atoms with Gasteiger partial charge in [-0.05, 0) is 34.7 Å². The van der Waals surface area contributed by atoms with Crippen molar-refractivity contribution in [2.45, 2.75) is 46.2 Å². The van der Waals surface area contributed by atoms with E-state index in [1.165, 1.54) is 0 Å². The monoisotopic (exact) mass is 260 g/mol. The minimum absolute atomic E-state index is 0.0526. The van der Waals surface area contributed by atoms with Crippen molar-refractivity contribution < 1.29 is 15.0 Å². The SMILES string of the molecule is CC(C(=O)NC(C)(C)C)N(C)CC(C)(CO)CO. The zero-order valence-corrected chi connectivity index (χ0v) is 12.4. The molecule has 1 atom stereocenters. The highest BCUT2D eigenvalue weighted by molar-refractivity contribution is 5.81. The molecule has 0 spiro atoms. The highest BCUT2D eigenvalue weighted by Crippen LogP contribution is 2.17. The van der Waals surface area contributed by atoms with Gasteiger partial charge in [0.25, 0.3) is 0 Å². The first-order valence-corrected chi connectivity index (χ1v) is 6.28. The van der Waals surface area contributed by atoms with E-state index in [0.29, 0.717) is 6.54 Å². The van der Waals surface area contributed by atoms with Crippen LogP contribution in [0.2, 0.25) is 0 Å². The molecule has 0 aromatic carbocycles. The molecule has 0 aliphatic carbocycles. The number of rotatable bonds is 6. The van der Waals surface area contributed by atoms with Crippen molar-refractivity contribution in [1.82, 2.24) is 10.2 Å². The molecule has 0 aromatic heterocycles. The number of aliphatic hydroxyl groups is 2. The predicted molar refractivity (Wildman–Crippen MR) is 72.3 cm³/mol. The summed E-state index contributed by atoms with van der Waals surface area (Å²) in [6.45, 7) is 9.64. The van der Waals surface area contributed by atoms with Crippen molar-refractivity contribution in [3.8, 4) is 0 Å². The predicted octanol–water partition coefficient (Wildman–Crippen LogP) is 0.212. The molecule has 0 saturated heterocycles. The Morgan fingerprint density at radius 2 is 1.67 bits per heavy atom. The van der Waals surface area contributed by atoms with Gasteiger partial charge in [-0.1, -0.05) is 6.92 Å². The van der Waals surface area contributed by atoms with E-state index in [4.69, 9.17) is 0 Å². The van der Waals surface area contributed by atoms with Crippen molar-refractivity contribution in [2.75, 3.05) is 26.8 Å². The zero-order valence-electron chi connectivity index (χ0n) is 12.4.